The molecular weight excluding hydrogens is 400 g/mol. The summed E-state index contributed by atoms with van der Waals surface area (Å²) in [5.41, 5.74) is 5.76. The first-order valence-electron chi connectivity index (χ1n) is 8.62. The van der Waals surface area contributed by atoms with Crippen LogP contribution in [-0.2, 0) is 16.0 Å². The Kier molecular flexibility index (Phi) is 6.50. The monoisotopic (exact) mass is 417 g/mol. The lowest BCUT2D eigenvalue weighted by molar-refractivity contribution is -0.132. The maximum Gasteiger partial charge on any atom is 0.279 e. The number of rotatable bonds is 6. The summed E-state index contributed by atoms with van der Waals surface area (Å²) in [6, 6.07) is 11.6. The van der Waals surface area contributed by atoms with Gasteiger partial charge in [0, 0.05) is 10.9 Å². The zero-order valence-electron chi connectivity index (χ0n) is 15.3. The van der Waals surface area contributed by atoms with Crippen LogP contribution in [0.4, 0.5) is 8.78 Å². The molecule has 0 bridgehead atoms. The molecule has 1 heterocycles. The summed E-state index contributed by atoms with van der Waals surface area (Å²) in [7, 11) is 0. The van der Waals surface area contributed by atoms with Crippen molar-refractivity contribution in [3.05, 3.63) is 71.2 Å². The molecule has 0 aliphatic heterocycles. The fourth-order valence-electron chi connectivity index (χ4n) is 2.34. The van der Waals surface area contributed by atoms with Crippen LogP contribution in [0.5, 0.6) is 5.75 Å². The summed E-state index contributed by atoms with van der Waals surface area (Å²) in [5.74, 6) is -2.10. The molecule has 0 saturated carbocycles. The molecule has 2 aromatic carbocycles. The number of halogens is 2. The number of nitrogens with zero attached hydrogens (tertiary/aromatic N) is 1. The molecule has 3 rings (SSSR count). The van der Waals surface area contributed by atoms with Crippen molar-refractivity contribution in [1.82, 2.24) is 15.8 Å². The predicted octanol–water partition coefficient (Wildman–Crippen LogP) is 3.25. The van der Waals surface area contributed by atoms with Crippen LogP contribution in [0.1, 0.15) is 12.6 Å². The van der Waals surface area contributed by atoms with Crippen molar-refractivity contribution in [2.24, 2.45) is 0 Å². The maximum atomic E-state index is 13.6. The van der Waals surface area contributed by atoms with Gasteiger partial charge in [0.05, 0.1) is 12.1 Å². The predicted molar refractivity (Wildman–Crippen MR) is 104 cm³/mol. The van der Waals surface area contributed by atoms with Gasteiger partial charge < -0.3 is 4.74 Å². The first-order chi connectivity index (χ1) is 13.9. The number of hydrogen-bond donors (Lipinski definition) is 2. The van der Waals surface area contributed by atoms with Gasteiger partial charge in [-0.25, -0.2) is 13.8 Å². The van der Waals surface area contributed by atoms with Gasteiger partial charge >= 0.3 is 0 Å². The minimum absolute atomic E-state index is 0.0550. The lowest BCUT2D eigenvalue weighted by atomic mass is 10.2. The molecule has 1 aromatic heterocycles. The number of ether oxygens (including phenoxy) is 1. The topological polar surface area (TPSA) is 80.3 Å². The van der Waals surface area contributed by atoms with Crippen LogP contribution in [0.15, 0.2) is 53.9 Å². The Balaban J connectivity index is 1.49. The molecule has 2 amide bonds. The summed E-state index contributed by atoms with van der Waals surface area (Å²) in [5, 5.41) is 2.37. The highest BCUT2D eigenvalue weighted by Crippen LogP contribution is 2.24. The number of nitrogens with one attached hydrogen (secondary N) is 2. The molecular formula is C20H17F2N3O3S. The van der Waals surface area contributed by atoms with Crippen LogP contribution in [-0.4, -0.2) is 22.9 Å². The minimum atomic E-state index is -1.02. The van der Waals surface area contributed by atoms with E-state index < -0.39 is 23.7 Å². The molecule has 2 N–H and O–H groups in total. The average Bonchev–Trinajstić information content (AvgIpc) is 3.16. The second kappa shape index (κ2) is 9.24. The Morgan fingerprint density at radius 2 is 1.83 bits per heavy atom. The normalized spacial score (nSPS) is 11.6. The van der Waals surface area contributed by atoms with Crippen molar-refractivity contribution in [1.29, 1.82) is 0 Å². The van der Waals surface area contributed by atoms with Gasteiger partial charge in [-0.1, -0.05) is 12.1 Å². The third kappa shape index (κ3) is 5.58. The molecule has 0 aliphatic rings. The second-order valence-corrected chi connectivity index (χ2v) is 6.91. The summed E-state index contributed by atoms with van der Waals surface area (Å²) < 4.78 is 31.8. The molecule has 150 valence electrons. The van der Waals surface area contributed by atoms with Gasteiger partial charge in [0.1, 0.15) is 10.8 Å². The summed E-state index contributed by atoms with van der Waals surface area (Å²) in [6.45, 7) is 1.43. The standard InChI is InChI=1S/C20H17F2N3O3S/c1-12(28-17-5-3-2-4-16(17)22)19(27)25-24-18(26)10-15-11-29-20(23-15)13-6-8-14(21)9-7-13/h2-9,11-12H,10H2,1H3,(H,24,26)(H,25,27). The molecule has 1 unspecified atom stereocenters. The van der Waals surface area contributed by atoms with Crippen molar-refractivity contribution in [3.63, 3.8) is 0 Å². The summed E-state index contributed by atoms with van der Waals surface area (Å²) >= 11 is 1.33. The van der Waals surface area contributed by atoms with E-state index in [1.165, 1.54) is 48.6 Å². The number of thiazole rings is 1. The Morgan fingerprint density at radius 3 is 2.55 bits per heavy atom. The van der Waals surface area contributed by atoms with E-state index in [1.807, 2.05) is 0 Å². The molecule has 9 heteroatoms. The van der Waals surface area contributed by atoms with Gasteiger partial charge in [-0.15, -0.1) is 11.3 Å². The van der Waals surface area contributed by atoms with Crippen molar-refractivity contribution >= 4 is 23.2 Å². The van der Waals surface area contributed by atoms with Gasteiger partial charge in [0.25, 0.3) is 5.91 Å². The highest BCUT2D eigenvalue weighted by molar-refractivity contribution is 7.13. The number of carbonyl (C=O) groups is 2. The summed E-state index contributed by atoms with van der Waals surface area (Å²) in [6.07, 6.45) is -1.07. The molecule has 3 aromatic rings. The Bertz CT molecular complexity index is 1010. The van der Waals surface area contributed by atoms with Crippen LogP contribution in [0.2, 0.25) is 0 Å². The highest BCUT2D eigenvalue weighted by Gasteiger charge is 2.17. The van der Waals surface area contributed by atoms with Crippen LogP contribution in [0, 0.1) is 11.6 Å². The van der Waals surface area contributed by atoms with Gasteiger partial charge in [-0.3, -0.25) is 20.4 Å². The highest BCUT2D eigenvalue weighted by atomic mass is 32.1. The largest absolute Gasteiger partial charge is 0.478 e. The van der Waals surface area contributed by atoms with Gasteiger partial charge in [-0.05, 0) is 43.3 Å². The third-order valence-electron chi connectivity index (χ3n) is 3.82. The fraction of sp³-hybridized carbons (Fsp3) is 0.150. The number of hydrogen-bond acceptors (Lipinski definition) is 5. The van der Waals surface area contributed by atoms with E-state index in [0.29, 0.717) is 10.7 Å². The van der Waals surface area contributed by atoms with E-state index in [0.717, 1.165) is 5.56 Å². The first kappa shape index (κ1) is 20.4. The average molecular weight is 417 g/mol. The van der Waals surface area contributed by atoms with Gasteiger partial charge in [0.15, 0.2) is 17.7 Å². The van der Waals surface area contributed by atoms with Gasteiger partial charge in [-0.2, -0.15) is 0 Å². The lowest BCUT2D eigenvalue weighted by Gasteiger charge is -2.15. The number of carbonyl (C=O) groups excluding carboxylic acids is 2. The zero-order chi connectivity index (χ0) is 20.8. The summed E-state index contributed by atoms with van der Waals surface area (Å²) in [4.78, 5) is 28.4. The maximum absolute atomic E-state index is 13.6. The van der Waals surface area contributed by atoms with Crippen LogP contribution in [0.25, 0.3) is 10.6 Å². The lowest BCUT2D eigenvalue weighted by Crippen LogP contribution is -2.47. The van der Waals surface area contributed by atoms with E-state index in [-0.39, 0.29) is 18.0 Å². The van der Waals surface area contributed by atoms with Crippen LogP contribution in [0.3, 0.4) is 0 Å². The van der Waals surface area contributed by atoms with Crippen LogP contribution < -0.4 is 15.6 Å². The third-order valence-corrected chi connectivity index (χ3v) is 4.76. The Labute approximate surface area is 169 Å². The van der Waals surface area contributed by atoms with E-state index >= 15 is 0 Å². The van der Waals surface area contributed by atoms with Crippen molar-refractivity contribution in [2.75, 3.05) is 0 Å². The number of aromatic nitrogens is 1. The molecule has 6 nitrogen and oxygen atoms in total. The van der Waals surface area contributed by atoms with Crippen LogP contribution >= 0.6 is 11.3 Å². The van der Waals surface area contributed by atoms with E-state index in [1.54, 1.807) is 23.6 Å². The Morgan fingerprint density at radius 1 is 1.10 bits per heavy atom. The van der Waals surface area contributed by atoms with Crippen molar-refractivity contribution < 1.29 is 23.1 Å². The number of para-hydroxylation sites is 1. The minimum Gasteiger partial charge on any atom is -0.478 e. The number of amides is 2. The van der Waals surface area contributed by atoms with E-state index in [4.69, 9.17) is 4.74 Å². The number of hydrazine groups is 1. The second-order valence-electron chi connectivity index (χ2n) is 6.06. The molecule has 0 aliphatic carbocycles. The Hall–Kier alpha value is -3.33. The fourth-order valence-corrected chi connectivity index (χ4v) is 3.16. The van der Waals surface area contributed by atoms with E-state index in [2.05, 4.69) is 15.8 Å². The first-order valence-corrected chi connectivity index (χ1v) is 9.50. The van der Waals surface area contributed by atoms with Crippen molar-refractivity contribution in [2.45, 2.75) is 19.4 Å². The molecule has 1 atom stereocenters. The van der Waals surface area contributed by atoms with Gasteiger partial charge in [0.2, 0.25) is 5.91 Å². The molecule has 0 saturated heterocycles. The molecule has 0 fully saturated rings. The molecule has 0 radical (unpaired) electrons. The quantitative estimate of drug-likeness (QED) is 0.604. The smallest absolute Gasteiger partial charge is 0.279 e. The zero-order valence-corrected chi connectivity index (χ0v) is 16.1. The van der Waals surface area contributed by atoms with E-state index in [9.17, 15) is 18.4 Å². The molecule has 29 heavy (non-hydrogen) atoms. The SMILES string of the molecule is CC(Oc1ccccc1F)C(=O)NNC(=O)Cc1csc(-c2ccc(F)cc2)n1. The van der Waals surface area contributed by atoms with Crippen molar-refractivity contribution in [3.8, 4) is 16.3 Å². The number of benzene rings is 2. The molecule has 0 spiro atoms.